The summed E-state index contributed by atoms with van der Waals surface area (Å²) < 4.78 is 3.70. The van der Waals surface area contributed by atoms with E-state index < -0.39 is 0 Å². The van der Waals surface area contributed by atoms with Crippen LogP contribution < -0.4 is 11.0 Å². The van der Waals surface area contributed by atoms with Crippen LogP contribution in [0.15, 0.2) is 64.8 Å². The van der Waals surface area contributed by atoms with Gasteiger partial charge in [0.25, 0.3) is 5.56 Å². The highest BCUT2D eigenvalue weighted by molar-refractivity contribution is 6.16. The molecule has 1 amide bonds. The predicted octanol–water partition coefficient (Wildman–Crippen LogP) is 2.95. The monoisotopic (exact) mass is 553 g/mol. The number of aliphatic hydroxyl groups excluding tert-OH is 1. The zero-order chi connectivity index (χ0) is 28.3. The van der Waals surface area contributed by atoms with Crippen molar-refractivity contribution in [2.24, 2.45) is 5.10 Å². The Balaban J connectivity index is 1.43. The molecule has 0 spiro atoms. The summed E-state index contributed by atoms with van der Waals surface area (Å²) in [5.41, 5.74) is 8.79. The van der Waals surface area contributed by atoms with Gasteiger partial charge in [0.05, 0.1) is 24.4 Å². The minimum absolute atomic E-state index is 0.0134. The Morgan fingerprint density at radius 1 is 1.05 bits per heavy atom. The highest BCUT2D eigenvalue weighted by atomic mass is 16.3. The first-order valence-corrected chi connectivity index (χ1v) is 14.4. The van der Waals surface area contributed by atoms with Crippen molar-refractivity contribution in [2.75, 3.05) is 26.2 Å². The minimum Gasteiger partial charge on any atom is -0.395 e. The van der Waals surface area contributed by atoms with Crippen molar-refractivity contribution in [2.45, 2.75) is 51.5 Å². The summed E-state index contributed by atoms with van der Waals surface area (Å²) in [4.78, 5) is 33.1. The number of amides is 1. The molecule has 0 radical (unpaired) electrons. The second-order valence-corrected chi connectivity index (χ2v) is 10.8. The Morgan fingerprint density at radius 2 is 1.85 bits per heavy atom. The first kappa shape index (κ1) is 27.0. The van der Waals surface area contributed by atoms with Crippen LogP contribution in [0.4, 0.5) is 0 Å². The van der Waals surface area contributed by atoms with E-state index in [1.54, 1.807) is 0 Å². The van der Waals surface area contributed by atoms with E-state index in [9.17, 15) is 14.7 Å². The van der Waals surface area contributed by atoms with E-state index in [1.165, 1.54) is 6.33 Å². The Labute approximate surface area is 238 Å². The van der Waals surface area contributed by atoms with Crippen molar-refractivity contribution in [1.82, 2.24) is 29.5 Å². The van der Waals surface area contributed by atoms with Crippen molar-refractivity contribution in [3.63, 3.8) is 0 Å². The molecule has 0 unspecified atom stereocenters. The normalized spacial score (nSPS) is 16.3. The van der Waals surface area contributed by atoms with E-state index in [0.717, 1.165) is 65.9 Å². The molecule has 4 heterocycles. The maximum Gasteiger partial charge on any atom is 0.259 e. The summed E-state index contributed by atoms with van der Waals surface area (Å²) in [5, 5.41) is 18.2. The maximum atomic E-state index is 14.3. The lowest BCUT2D eigenvalue weighted by Gasteiger charge is -2.32. The van der Waals surface area contributed by atoms with Crippen LogP contribution in [0.25, 0.3) is 16.9 Å². The molecule has 1 fully saturated rings. The van der Waals surface area contributed by atoms with Gasteiger partial charge in [0, 0.05) is 43.2 Å². The number of benzene rings is 2. The van der Waals surface area contributed by atoms with Gasteiger partial charge in [0.15, 0.2) is 0 Å². The van der Waals surface area contributed by atoms with Crippen LogP contribution in [0, 0.1) is 0 Å². The molecule has 0 bridgehead atoms. The highest BCUT2D eigenvalue weighted by Gasteiger charge is 2.27. The molecule has 212 valence electrons. The summed E-state index contributed by atoms with van der Waals surface area (Å²) >= 11 is 0. The van der Waals surface area contributed by atoms with Crippen LogP contribution in [0.2, 0.25) is 0 Å². The lowest BCUT2D eigenvalue weighted by molar-refractivity contribution is -0.119. The first-order valence-electron chi connectivity index (χ1n) is 14.4. The van der Waals surface area contributed by atoms with Crippen molar-refractivity contribution < 1.29 is 9.90 Å². The van der Waals surface area contributed by atoms with Gasteiger partial charge in [0.1, 0.15) is 6.33 Å². The number of rotatable bonds is 9. The van der Waals surface area contributed by atoms with Crippen molar-refractivity contribution in [3.8, 4) is 11.1 Å². The Morgan fingerprint density at radius 3 is 2.56 bits per heavy atom. The average Bonchev–Trinajstić information content (AvgIpc) is 3.66. The molecule has 1 saturated heterocycles. The third-order valence-corrected chi connectivity index (χ3v) is 8.16. The summed E-state index contributed by atoms with van der Waals surface area (Å²) in [6.07, 6.45) is 5.39. The molecular formula is C31H35N7O3. The second-order valence-electron chi connectivity index (χ2n) is 10.8. The molecule has 2 aromatic heterocycles. The zero-order valence-corrected chi connectivity index (χ0v) is 23.3. The predicted molar refractivity (Wildman–Crippen MR) is 157 cm³/mol. The van der Waals surface area contributed by atoms with Crippen LogP contribution in [0.3, 0.4) is 0 Å². The minimum atomic E-state index is -0.126. The van der Waals surface area contributed by atoms with Crippen LogP contribution in [0.5, 0.6) is 0 Å². The second kappa shape index (κ2) is 11.8. The number of nitrogens with one attached hydrogen (secondary N) is 1. The molecule has 41 heavy (non-hydrogen) atoms. The molecule has 0 aliphatic carbocycles. The maximum absolute atomic E-state index is 14.3. The fourth-order valence-electron chi connectivity index (χ4n) is 6.15. The number of hydrogen-bond acceptors (Lipinski definition) is 7. The summed E-state index contributed by atoms with van der Waals surface area (Å²) in [6, 6.07) is 16.3. The van der Waals surface area contributed by atoms with Gasteiger partial charge < -0.3 is 10.0 Å². The number of hydrogen-bond donors (Lipinski definition) is 2. The summed E-state index contributed by atoms with van der Waals surface area (Å²) in [5.74, 6) is 0.465. The van der Waals surface area contributed by atoms with Gasteiger partial charge in [-0.15, -0.1) is 0 Å². The number of aryl methyl sites for hydroxylation is 1. The number of aliphatic hydroxyl groups is 1. The molecule has 2 aliphatic rings. The molecule has 2 N–H and O–H groups in total. The zero-order valence-electron chi connectivity index (χ0n) is 23.3. The number of aromatic nitrogens is 4. The van der Waals surface area contributed by atoms with E-state index in [4.69, 9.17) is 0 Å². The van der Waals surface area contributed by atoms with Gasteiger partial charge in [-0.3, -0.25) is 14.2 Å². The molecule has 2 aromatic carbocycles. The van der Waals surface area contributed by atoms with Gasteiger partial charge >= 0.3 is 0 Å². The highest BCUT2D eigenvalue weighted by Crippen LogP contribution is 2.29. The van der Waals surface area contributed by atoms with Gasteiger partial charge in [-0.25, -0.2) is 9.94 Å². The molecule has 6 rings (SSSR count). The van der Waals surface area contributed by atoms with Gasteiger partial charge in [-0.1, -0.05) is 55.8 Å². The van der Waals surface area contributed by atoms with Crippen molar-refractivity contribution in [1.29, 1.82) is 0 Å². The number of piperidine rings is 1. The third kappa shape index (κ3) is 5.32. The molecule has 0 saturated carbocycles. The number of carbonyl (C=O) groups is 1. The standard InChI is InChI=1S/C31H35N7O3/c1-2-6-28-26(30(41)37(31-32-20-33-38(28)31)23-11-13-36(14-12-23)15-16-39)18-21-9-10-24(22-7-4-3-5-8-22)25(17-21)27-19-29(40)35-34-27/h3-5,7-10,17,20,23,39H,2,6,11-16,18-19H2,1H3,(H,35,40). The lowest BCUT2D eigenvalue weighted by Crippen LogP contribution is -2.40. The molecule has 4 aromatic rings. The average molecular weight is 554 g/mol. The van der Waals surface area contributed by atoms with Gasteiger partial charge in [-0.2, -0.15) is 15.2 Å². The number of nitrogens with zero attached hydrogens (tertiary/aromatic N) is 6. The van der Waals surface area contributed by atoms with Crippen molar-refractivity contribution in [3.05, 3.63) is 87.6 Å². The molecule has 10 heteroatoms. The van der Waals surface area contributed by atoms with E-state index in [0.29, 0.717) is 30.9 Å². The van der Waals surface area contributed by atoms with Gasteiger partial charge in [-0.05, 0) is 42.0 Å². The van der Waals surface area contributed by atoms with Crippen LogP contribution in [-0.2, 0) is 17.6 Å². The fraction of sp³-hybridized carbons (Fsp3) is 0.387. The summed E-state index contributed by atoms with van der Waals surface area (Å²) in [7, 11) is 0. The topological polar surface area (TPSA) is 117 Å². The molecule has 0 atom stereocenters. The number of β-amino-alcohol motifs (C(OH)–C–C–N with tert-alkyl or cyclic N) is 1. The Kier molecular flexibility index (Phi) is 7.76. The molecule has 10 nitrogen and oxygen atoms in total. The Hall–Kier alpha value is -4.15. The third-order valence-electron chi connectivity index (χ3n) is 8.16. The SMILES string of the molecule is CCCc1c(Cc2ccc(-c3ccccc3)c(C3=NNC(=O)C3)c2)c(=O)n(C2CCN(CCO)CC2)c2ncnn12. The lowest BCUT2D eigenvalue weighted by atomic mass is 9.91. The van der Waals surface area contributed by atoms with Crippen LogP contribution in [-0.4, -0.2) is 67.0 Å². The first-order chi connectivity index (χ1) is 20.1. The van der Waals surface area contributed by atoms with E-state index >= 15 is 0 Å². The number of hydrazone groups is 1. The Bertz CT molecular complexity index is 1650. The van der Waals surface area contributed by atoms with Crippen LogP contribution >= 0.6 is 0 Å². The number of carbonyl (C=O) groups excluding carboxylic acids is 1. The number of fused-ring (bicyclic) bond motifs is 1. The van der Waals surface area contributed by atoms with Crippen molar-refractivity contribution >= 4 is 17.4 Å². The molecular weight excluding hydrogens is 518 g/mol. The fourth-order valence-corrected chi connectivity index (χ4v) is 6.15. The summed E-state index contributed by atoms with van der Waals surface area (Å²) in [6.45, 7) is 4.53. The van der Waals surface area contributed by atoms with E-state index in [2.05, 4.69) is 50.6 Å². The van der Waals surface area contributed by atoms with Gasteiger partial charge in [0.2, 0.25) is 11.7 Å². The van der Waals surface area contributed by atoms with E-state index in [-0.39, 0.29) is 30.5 Å². The quantitative estimate of drug-likeness (QED) is 0.329. The van der Waals surface area contributed by atoms with Crippen LogP contribution in [0.1, 0.15) is 61.0 Å². The molecule has 2 aliphatic heterocycles. The van der Waals surface area contributed by atoms with E-state index in [1.807, 2.05) is 39.4 Å². The number of likely N-dealkylation sites (tertiary alicyclic amines) is 1. The largest absolute Gasteiger partial charge is 0.395 e. The smallest absolute Gasteiger partial charge is 0.259 e.